The van der Waals surface area contributed by atoms with Gasteiger partial charge in [0.05, 0.1) is 28.2 Å². The number of amides is 3. The Labute approximate surface area is 200 Å². The molecular formula is C25H22ClN3O5. The molecule has 8 nitrogen and oxygen atoms in total. The summed E-state index contributed by atoms with van der Waals surface area (Å²) in [7, 11) is 0. The molecule has 9 heteroatoms. The van der Waals surface area contributed by atoms with E-state index in [0.29, 0.717) is 34.3 Å². The zero-order chi connectivity index (χ0) is 23.9. The van der Waals surface area contributed by atoms with Crippen molar-refractivity contribution < 1.29 is 23.9 Å². The molecule has 4 aliphatic heterocycles. The summed E-state index contributed by atoms with van der Waals surface area (Å²) in [5.74, 6) is -2.62. The van der Waals surface area contributed by atoms with Crippen LogP contribution < -0.4 is 15.0 Å². The Kier molecular flexibility index (Phi) is 4.47. The third kappa shape index (κ3) is 2.58. The molecule has 3 fully saturated rings. The second-order valence-electron chi connectivity index (χ2n) is 9.40. The van der Waals surface area contributed by atoms with Crippen molar-refractivity contribution in [3.05, 3.63) is 52.5 Å². The van der Waals surface area contributed by atoms with Crippen molar-refractivity contribution in [2.75, 3.05) is 16.8 Å². The van der Waals surface area contributed by atoms with Gasteiger partial charge >= 0.3 is 5.97 Å². The molecule has 3 saturated heterocycles. The average Bonchev–Trinajstić information content (AvgIpc) is 3.48. The van der Waals surface area contributed by atoms with Gasteiger partial charge in [-0.1, -0.05) is 17.7 Å². The number of nitrogens with one attached hydrogen (secondary N) is 1. The number of carbonyl (C=O) groups excluding carboxylic acids is 4. The summed E-state index contributed by atoms with van der Waals surface area (Å²) in [6.07, 6.45) is 1.58. The van der Waals surface area contributed by atoms with E-state index < -0.39 is 29.3 Å². The number of rotatable bonds is 2. The molecular weight excluding hydrogens is 458 g/mol. The third-order valence-corrected chi connectivity index (χ3v) is 7.85. The van der Waals surface area contributed by atoms with Crippen LogP contribution in [-0.4, -0.2) is 41.2 Å². The maximum absolute atomic E-state index is 14.0. The molecule has 2 aromatic carbocycles. The molecule has 0 aliphatic carbocycles. The summed E-state index contributed by atoms with van der Waals surface area (Å²) in [5, 5.41) is 3.35. The van der Waals surface area contributed by atoms with E-state index >= 15 is 0 Å². The zero-order valence-electron chi connectivity index (χ0n) is 18.6. The first-order valence-electron chi connectivity index (χ1n) is 11.3. The molecule has 0 bridgehead atoms. The molecule has 1 spiro atoms. The number of hydrogen-bond acceptors (Lipinski definition) is 6. The summed E-state index contributed by atoms with van der Waals surface area (Å²) in [4.78, 5) is 55.9. The van der Waals surface area contributed by atoms with Crippen molar-refractivity contribution in [3.63, 3.8) is 0 Å². The Hall–Kier alpha value is -3.23. The van der Waals surface area contributed by atoms with Gasteiger partial charge in [-0.2, -0.15) is 0 Å². The van der Waals surface area contributed by atoms with Crippen LogP contribution in [0, 0.1) is 18.8 Å². The molecule has 0 unspecified atom stereocenters. The van der Waals surface area contributed by atoms with Gasteiger partial charge in [-0.05, 0) is 62.2 Å². The second kappa shape index (κ2) is 7.13. The van der Waals surface area contributed by atoms with E-state index in [0.717, 1.165) is 18.4 Å². The molecule has 1 N–H and O–H groups in total. The largest absolute Gasteiger partial charge is 0.427 e. The highest BCUT2D eigenvalue weighted by molar-refractivity contribution is 6.35. The van der Waals surface area contributed by atoms with Crippen molar-refractivity contribution in [1.29, 1.82) is 0 Å². The van der Waals surface area contributed by atoms with Crippen LogP contribution in [0.5, 0.6) is 5.75 Å². The Morgan fingerprint density at radius 2 is 1.88 bits per heavy atom. The smallest absolute Gasteiger partial charge is 0.308 e. The van der Waals surface area contributed by atoms with Gasteiger partial charge in [-0.15, -0.1) is 0 Å². The quantitative estimate of drug-likeness (QED) is 0.404. The molecule has 174 valence electrons. The third-order valence-electron chi connectivity index (χ3n) is 7.55. The molecule has 0 saturated carbocycles. The van der Waals surface area contributed by atoms with Crippen LogP contribution in [-0.2, 0) is 24.7 Å². The monoisotopic (exact) mass is 479 g/mol. The van der Waals surface area contributed by atoms with Crippen molar-refractivity contribution in [2.24, 2.45) is 11.8 Å². The van der Waals surface area contributed by atoms with E-state index in [2.05, 4.69) is 10.2 Å². The van der Waals surface area contributed by atoms with Gasteiger partial charge in [-0.3, -0.25) is 24.1 Å². The number of ether oxygens (including phenoxy) is 1. The van der Waals surface area contributed by atoms with E-state index in [4.69, 9.17) is 16.3 Å². The molecule has 2 aromatic rings. The normalized spacial score (nSPS) is 29.4. The first-order valence-corrected chi connectivity index (χ1v) is 11.7. The molecule has 4 atom stereocenters. The fourth-order valence-corrected chi connectivity index (χ4v) is 6.80. The molecule has 34 heavy (non-hydrogen) atoms. The van der Waals surface area contributed by atoms with E-state index in [1.54, 1.807) is 30.3 Å². The fourth-order valence-electron chi connectivity index (χ4n) is 6.48. The molecule has 4 heterocycles. The van der Waals surface area contributed by atoms with E-state index in [-0.39, 0.29) is 17.9 Å². The minimum absolute atomic E-state index is 0.206. The number of carbonyl (C=O) groups is 4. The lowest BCUT2D eigenvalue weighted by molar-refractivity contribution is -0.135. The summed E-state index contributed by atoms with van der Waals surface area (Å²) in [6.45, 7) is 3.83. The van der Waals surface area contributed by atoms with Gasteiger partial charge in [0.2, 0.25) is 11.8 Å². The van der Waals surface area contributed by atoms with E-state index in [9.17, 15) is 19.2 Å². The van der Waals surface area contributed by atoms with Gasteiger partial charge in [0, 0.05) is 18.5 Å². The number of nitrogens with zero attached hydrogens (tertiary/aromatic N) is 2. The number of fused-ring (bicyclic) bond motifs is 7. The van der Waals surface area contributed by atoms with Crippen LogP contribution in [0.2, 0.25) is 5.02 Å². The predicted octanol–water partition coefficient (Wildman–Crippen LogP) is 3.00. The highest BCUT2D eigenvalue weighted by Crippen LogP contribution is 2.61. The van der Waals surface area contributed by atoms with E-state index in [1.807, 2.05) is 13.0 Å². The summed E-state index contributed by atoms with van der Waals surface area (Å²) in [6, 6.07) is 9.74. The fraction of sp³-hybridized carbons (Fsp3) is 0.360. The minimum atomic E-state index is -1.27. The lowest BCUT2D eigenvalue weighted by Gasteiger charge is -2.36. The number of imide groups is 1. The van der Waals surface area contributed by atoms with Crippen molar-refractivity contribution in [3.8, 4) is 5.75 Å². The maximum atomic E-state index is 14.0. The minimum Gasteiger partial charge on any atom is -0.427 e. The Morgan fingerprint density at radius 1 is 1.15 bits per heavy atom. The highest BCUT2D eigenvalue weighted by atomic mass is 35.5. The van der Waals surface area contributed by atoms with Crippen LogP contribution in [0.3, 0.4) is 0 Å². The SMILES string of the molecule is CC(=O)Oc1ccc(N2C(=O)[C@@H]3[C@@H]4CCCN4[C@]4(C(=O)Nc5c(Cl)cc(C)cc54)[C@H]3C2=O)cc1. The van der Waals surface area contributed by atoms with Crippen molar-refractivity contribution in [2.45, 2.75) is 38.3 Å². The van der Waals surface area contributed by atoms with Crippen LogP contribution in [0.1, 0.15) is 30.9 Å². The Morgan fingerprint density at radius 3 is 2.59 bits per heavy atom. The highest BCUT2D eigenvalue weighted by Gasteiger charge is 2.74. The number of anilines is 2. The zero-order valence-corrected chi connectivity index (χ0v) is 19.4. The van der Waals surface area contributed by atoms with Gasteiger partial charge in [0.15, 0.2) is 0 Å². The van der Waals surface area contributed by atoms with Crippen LogP contribution in [0.4, 0.5) is 11.4 Å². The van der Waals surface area contributed by atoms with Crippen LogP contribution in [0.25, 0.3) is 0 Å². The molecule has 0 aromatic heterocycles. The number of esters is 1. The average molecular weight is 480 g/mol. The lowest BCUT2D eigenvalue weighted by atomic mass is 9.75. The maximum Gasteiger partial charge on any atom is 0.308 e. The van der Waals surface area contributed by atoms with Crippen LogP contribution >= 0.6 is 11.6 Å². The topological polar surface area (TPSA) is 96.0 Å². The summed E-state index contributed by atoms with van der Waals surface area (Å²) < 4.78 is 5.07. The Balaban J connectivity index is 1.48. The second-order valence-corrected chi connectivity index (χ2v) is 9.80. The van der Waals surface area contributed by atoms with Gasteiger partial charge in [-0.25, -0.2) is 4.90 Å². The Bertz CT molecular complexity index is 1290. The predicted molar refractivity (Wildman–Crippen MR) is 123 cm³/mol. The molecule has 3 amide bonds. The standard InChI is InChI=1S/C25H22ClN3O5/c1-12-10-16-21(17(26)11-12)27-24(33)25(16)20-19(18-4-3-9-28(18)25)22(31)29(23(20)32)14-5-7-15(8-6-14)34-13(2)30/h5-8,10-11,18-20H,3-4,9H2,1-2H3,(H,27,33)/t18-,19+,20+,25-/m0/s1. The summed E-state index contributed by atoms with van der Waals surface area (Å²) in [5.41, 5.74) is 1.20. The molecule has 6 rings (SSSR count). The van der Waals surface area contributed by atoms with Crippen molar-refractivity contribution >= 4 is 46.7 Å². The van der Waals surface area contributed by atoms with Crippen LogP contribution in [0.15, 0.2) is 36.4 Å². The lowest BCUT2D eigenvalue weighted by Crippen LogP contribution is -2.54. The first kappa shape index (κ1) is 21.3. The number of benzene rings is 2. The molecule has 0 radical (unpaired) electrons. The first-order chi connectivity index (χ1) is 16.2. The van der Waals surface area contributed by atoms with Gasteiger partial charge in [0.1, 0.15) is 11.3 Å². The number of aryl methyl sites for hydroxylation is 1. The van der Waals surface area contributed by atoms with Crippen molar-refractivity contribution in [1.82, 2.24) is 4.90 Å². The number of halogens is 1. The number of hydrogen-bond donors (Lipinski definition) is 1. The summed E-state index contributed by atoms with van der Waals surface area (Å²) >= 11 is 6.50. The van der Waals surface area contributed by atoms with Gasteiger partial charge < -0.3 is 10.1 Å². The van der Waals surface area contributed by atoms with Gasteiger partial charge in [0.25, 0.3) is 5.91 Å². The molecule has 4 aliphatic rings. The van der Waals surface area contributed by atoms with E-state index in [1.165, 1.54) is 11.8 Å².